The Morgan fingerprint density at radius 2 is 1.65 bits per heavy atom. The van der Waals surface area contributed by atoms with E-state index in [1.165, 1.54) is 12.8 Å². The monoisotopic (exact) mass is 286 g/mol. The molecule has 0 aromatic carbocycles. The molecule has 1 saturated heterocycles. The van der Waals surface area contributed by atoms with Crippen molar-refractivity contribution >= 4 is 0 Å². The maximum Gasteiger partial charge on any atom is 0.0669 e. The van der Waals surface area contributed by atoms with E-state index < -0.39 is 0 Å². The number of β-amino-alcohol motifs (C(OH)–C–C–N with tert-alkyl or cyclic N) is 1. The van der Waals surface area contributed by atoms with Gasteiger partial charge in [-0.05, 0) is 57.7 Å². The molecule has 4 nitrogen and oxygen atoms in total. The van der Waals surface area contributed by atoms with Crippen LogP contribution >= 0.6 is 0 Å². The van der Waals surface area contributed by atoms with Crippen molar-refractivity contribution in [3.05, 3.63) is 0 Å². The molecule has 4 N–H and O–H groups in total. The molecule has 0 radical (unpaired) electrons. The maximum atomic E-state index is 10.1. The summed E-state index contributed by atoms with van der Waals surface area (Å²) >= 11 is 0. The van der Waals surface area contributed by atoms with Gasteiger partial charge in [0.25, 0.3) is 0 Å². The first kappa shape index (κ1) is 17.9. The van der Waals surface area contributed by atoms with Gasteiger partial charge >= 0.3 is 0 Å². The van der Waals surface area contributed by atoms with Crippen molar-refractivity contribution in [2.24, 2.45) is 11.7 Å². The molecule has 1 fully saturated rings. The SMILES string of the molecule is CC(CCCCC(O)CCN)C[C@H](O)CN1CCCC1. The summed E-state index contributed by atoms with van der Waals surface area (Å²) in [7, 11) is 0. The third-order valence-electron chi connectivity index (χ3n) is 4.33. The molecule has 20 heavy (non-hydrogen) atoms. The van der Waals surface area contributed by atoms with Crippen LogP contribution in [-0.4, -0.2) is 53.5 Å². The van der Waals surface area contributed by atoms with Crippen LogP contribution in [0.2, 0.25) is 0 Å². The average molecular weight is 286 g/mol. The zero-order valence-electron chi connectivity index (χ0n) is 13.1. The van der Waals surface area contributed by atoms with Crippen LogP contribution in [0.15, 0.2) is 0 Å². The lowest BCUT2D eigenvalue weighted by molar-refractivity contribution is 0.101. The van der Waals surface area contributed by atoms with Gasteiger partial charge in [0.1, 0.15) is 0 Å². The Balaban J connectivity index is 1.99. The largest absolute Gasteiger partial charge is 0.393 e. The Labute approximate surface area is 124 Å². The normalized spacial score (nSPS) is 21.0. The summed E-state index contributed by atoms with van der Waals surface area (Å²) in [6.45, 7) is 5.96. The number of aliphatic hydroxyl groups excluding tert-OH is 2. The van der Waals surface area contributed by atoms with E-state index in [1.54, 1.807) is 0 Å². The van der Waals surface area contributed by atoms with Crippen molar-refractivity contribution in [1.82, 2.24) is 4.90 Å². The van der Waals surface area contributed by atoms with Gasteiger partial charge in [-0.1, -0.05) is 26.2 Å². The molecule has 0 amide bonds. The highest BCUT2D eigenvalue weighted by molar-refractivity contribution is 4.72. The van der Waals surface area contributed by atoms with E-state index in [0.717, 1.165) is 51.7 Å². The van der Waals surface area contributed by atoms with Gasteiger partial charge in [0, 0.05) is 6.54 Å². The summed E-state index contributed by atoms with van der Waals surface area (Å²) in [4.78, 5) is 2.38. The van der Waals surface area contributed by atoms with Crippen molar-refractivity contribution in [2.45, 2.75) is 70.5 Å². The average Bonchev–Trinajstić information content (AvgIpc) is 2.87. The van der Waals surface area contributed by atoms with Crippen molar-refractivity contribution in [1.29, 1.82) is 0 Å². The highest BCUT2D eigenvalue weighted by atomic mass is 16.3. The predicted octanol–water partition coefficient (Wildman–Crippen LogP) is 1.74. The summed E-state index contributed by atoms with van der Waals surface area (Å²) < 4.78 is 0. The fraction of sp³-hybridized carbons (Fsp3) is 1.00. The van der Waals surface area contributed by atoms with Gasteiger partial charge in [0.05, 0.1) is 12.2 Å². The molecular weight excluding hydrogens is 252 g/mol. The van der Waals surface area contributed by atoms with E-state index in [0.29, 0.717) is 18.9 Å². The molecule has 0 aromatic heterocycles. The van der Waals surface area contributed by atoms with Gasteiger partial charge in [0.2, 0.25) is 0 Å². The molecule has 0 aromatic rings. The first-order valence-corrected chi connectivity index (χ1v) is 8.40. The highest BCUT2D eigenvalue weighted by Crippen LogP contribution is 2.17. The Morgan fingerprint density at radius 1 is 1.00 bits per heavy atom. The van der Waals surface area contributed by atoms with Gasteiger partial charge in [0.15, 0.2) is 0 Å². The minimum absolute atomic E-state index is 0.175. The Hall–Kier alpha value is -0.160. The number of hydrogen-bond donors (Lipinski definition) is 3. The number of likely N-dealkylation sites (tertiary alicyclic amines) is 1. The van der Waals surface area contributed by atoms with E-state index in [1.807, 2.05) is 0 Å². The first-order valence-electron chi connectivity index (χ1n) is 8.40. The van der Waals surface area contributed by atoms with E-state index in [2.05, 4.69) is 11.8 Å². The molecule has 1 rings (SSSR count). The highest BCUT2D eigenvalue weighted by Gasteiger charge is 2.17. The van der Waals surface area contributed by atoms with E-state index in [9.17, 15) is 10.2 Å². The van der Waals surface area contributed by atoms with Crippen LogP contribution in [0.1, 0.15) is 58.3 Å². The number of aliphatic hydroxyl groups is 2. The predicted molar refractivity (Wildman–Crippen MR) is 83.6 cm³/mol. The lowest BCUT2D eigenvalue weighted by Crippen LogP contribution is -2.31. The minimum Gasteiger partial charge on any atom is -0.393 e. The van der Waals surface area contributed by atoms with Gasteiger partial charge in [-0.2, -0.15) is 0 Å². The molecular formula is C16H34N2O2. The summed E-state index contributed by atoms with van der Waals surface area (Å²) in [5.41, 5.74) is 5.41. The molecule has 1 heterocycles. The molecule has 4 heteroatoms. The van der Waals surface area contributed by atoms with Gasteiger partial charge < -0.3 is 20.8 Å². The van der Waals surface area contributed by atoms with Crippen LogP contribution in [0, 0.1) is 5.92 Å². The van der Waals surface area contributed by atoms with Crippen LogP contribution in [0.4, 0.5) is 0 Å². The molecule has 120 valence electrons. The zero-order chi connectivity index (χ0) is 14.8. The van der Waals surface area contributed by atoms with Crippen molar-refractivity contribution in [2.75, 3.05) is 26.2 Å². The molecule has 0 bridgehead atoms. The first-order chi connectivity index (χ1) is 9.61. The Morgan fingerprint density at radius 3 is 2.30 bits per heavy atom. The van der Waals surface area contributed by atoms with E-state index >= 15 is 0 Å². The zero-order valence-corrected chi connectivity index (χ0v) is 13.1. The lowest BCUT2D eigenvalue weighted by Gasteiger charge is -2.22. The minimum atomic E-state index is -0.226. The molecule has 0 saturated carbocycles. The molecule has 2 unspecified atom stereocenters. The summed E-state index contributed by atoms with van der Waals surface area (Å²) in [6, 6.07) is 0. The third kappa shape index (κ3) is 8.20. The topological polar surface area (TPSA) is 69.7 Å². The third-order valence-corrected chi connectivity index (χ3v) is 4.33. The smallest absolute Gasteiger partial charge is 0.0669 e. The van der Waals surface area contributed by atoms with Gasteiger partial charge in [-0.25, -0.2) is 0 Å². The summed E-state index contributed by atoms with van der Waals surface area (Å²) in [5, 5.41) is 19.7. The number of unbranched alkanes of at least 4 members (excludes halogenated alkanes) is 1. The van der Waals surface area contributed by atoms with Gasteiger partial charge in [-0.3, -0.25) is 0 Å². The van der Waals surface area contributed by atoms with Gasteiger partial charge in [-0.15, -0.1) is 0 Å². The molecule has 0 spiro atoms. The summed E-state index contributed by atoms with van der Waals surface area (Å²) in [6.07, 6.45) is 7.99. The van der Waals surface area contributed by atoms with Crippen molar-refractivity contribution in [3.63, 3.8) is 0 Å². The van der Waals surface area contributed by atoms with Crippen LogP contribution < -0.4 is 5.73 Å². The number of nitrogens with two attached hydrogens (primary N) is 1. The Bertz CT molecular complexity index is 233. The lowest BCUT2D eigenvalue weighted by atomic mass is 9.96. The second-order valence-corrected chi connectivity index (χ2v) is 6.52. The fourth-order valence-electron chi connectivity index (χ4n) is 3.13. The quantitative estimate of drug-likeness (QED) is 0.506. The standard InChI is InChI=1S/C16H34N2O2/c1-14(6-2-3-7-15(19)8-9-17)12-16(20)13-18-10-4-5-11-18/h14-16,19-20H,2-13,17H2,1H3/t14?,15?,16-/m0/s1. The number of hydrogen-bond acceptors (Lipinski definition) is 4. The maximum absolute atomic E-state index is 10.1. The molecule has 1 aliphatic heterocycles. The molecule has 1 aliphatic rings. The van der Waals surface area contributed by atoms with Crippen molar-refractivity contribution < 1.29 is 10.2 Å². The van der Waals surface area contributed by atoms with Crippen molar-refractivity contribution in [3.8, 4) is 0 Å². The second kappa shape index (κ2) is 10.6. The van der Waals surface area contributed by atoms with Crippen LogP contribution in [-0.2, 0) is 0 Å². The molecule has 3 atom stereocenters. The summed E-state index contributed by atoms with van der Waals surface area (Å²) in [5.74, 6) is 0.569. The van der Waals surface area contributed by atoms with Crippen LogP contribution in [0.25, 0.3) is 0 Å². The number of nitrogens with zero attached hydrogens (tertiary/aromatic N) is 1. The molecule has 0 aliphatic carbocycles. The van der Waals surface area contributed by atoms with E-state index in [-0.39, 0.29) is 12.2 Å². The Kier molecular flexibility index (Phi) is 9.44. The van der Waals surface area contributed by atoms with E-state index in [4.69, 9.17) is 5.73 Å². The fourth-order valence-corrected chi connectivity index (χ4v) is 3.13. The second-order valence-electron chi connectivity index (χ2n) is 6.52. The number of rotatable bonds is 11. The van der Waals surface area contributed by atoms with Crippen LogP contribution in [0.3, 0.4) is 0 Å². The van der Waals surface area contributed by atoms with Crippen LogP contribution in [0.5, 0.6) is 0 Å².